The van der Waals surface area contributed by atoms with E-state index in [1.807, 2.05) is 0 Å². The first-order valence-corrected chi connectivity index (χ1v) is 8.92. The Kier molecular flexibility index (Phi) is 7.44. The number of likely N-dealkylation sites (tertiary alicyclic amines) is 1. The molecular formula is C19H26N2O5. The van der Waals surface area contributed by atoms with Crippen molar-refractivity contribution in [1.29, 1.82) is 0 Å². The van der Waals surface area contributed by atoms with E-state index in [1.54, 1.807) is 36.1 Å². The Labute approximate surface area is 153 Å². The zero-order chi connectivity index (χ0) is 18.9. The number of rotatable bonds is 7. The summed E-state index contributed by atoms with van der Waals surface area (Å²) in [7, 11) is 1.51. The first-order chi connectivity index (χ1) is 12.6. The first kappa shape index (κ1) is 19.8. The molecule has 1 aromatic carbocycles. The van der Waals surface area contributed by atoms with E-state index < -0.39 is 0 Å². The number of methoxy groups -OCH3 is 1. The van der Waals surface area contributed by atoms with Crippen LogP contribution in [0.15, 0.2) is 24.3 Å². The van der Waals surface area contributed by atoms with Crippen LogP contribution in [0, 0.1) is 5.92 Å². The summed E-state index contributed by atoms with van der Waals surface area (Å²) in [5.74, 6) is -0.354. The van der Waals surface area contributed by atoms with E-state index in [9.17, 15) is 14.4 Å². The lowest BCUT2D eigenvalue weighted by atomic mass is 9.98. The molecule has 1 atom stereocenters. The Balaban J connectivity index is 1.81. The molecule has 0 bridgehead atoms. The molecule has 2 amide bonds. The number of esters is 1. The molecule has 1 N–H and O–H groups in total. The van der Waals surface area contributed by atoms with Gasteiger partial charge >= 0.3 is 5.97 Å². The smallest absolute Gasteiger partial charge is 0.310 e. The minimum Gasteiger partial charge on any atom is -0.496 e. The molecule has 1 aliphatic heterocycles. The second-order valence-corrected chi connectivity index (χ2v) is 6.14. The Morgan fingerprint density at radius 2 is 2.04 bits per heavy atom. The Bertz CT molecular complexity index is 647. The average molecular weight is 362 g/mol. The highest BCUT2D eigenvalue weighted by molar-refractivity contribution is 5.97. The molecule has 0 aliphatic carbocycles. The van der Waals surface area contributed by atoms with Gasteiger partial charge in [0.25, 0.3) is 5.91 Å². The van der Waals surface area contributed by atoms with Crippen molar-refractivity contribution < 1.29 is 23.9 Å². The molecule has 142 valence electrons. The maximum absolute atomic E-state index is 12.4. The maximum Gasteiger partial charge on any atom is 0.310 e. The lowest BCUT2D eigenvalue weighted by molar-refractivity contribution is -0.151. The summed E-state index contributed by atoms with van der Waals surface area (Å²) >= 11 is 0. The third-order valence-electron chi connectivity index (χ3n) is 4.37. The Morgan fingerprint density at radius 1 is 1.27 bits per heavy atom. The van der Waals surface area contributed by atoms with Crippen LogP contribution in [0.3, 0.4) is 0 Å². The number of para-hydroxylation sites is 1. The summed E-state index contributed by atoms with van der Waals surface area (Å²) in [5.41, 5.74) is 0.433. The lowest BCUT2D eigenvalue weighted by Crippen LogP contribution is -2.43. The van der Waals surface area contributed by atoms with Crippen LogP contribution in [-0.4, -0.2) is 56.0 Å². The highest BCUT2D eigenvalue weighted by Crippen LogP contribution is 2.19. The average Bonchev–Trinajstić information content (AvgIpc) is 2.68. The van der Waals surface area contributed by atoms with Crippen molar-refractivity contribution in [3.05, 3.63) is 29.8 Å². The molecule has 1 saturated heterocycles. The minimum absolute atomic E-state index is 0.0701. The van der Waals surface area contributed by atoms with Gasteiger partial charge < -0.3 is 19.7 Å². The molecule has 0 spiro atoms. The summed E-state index contributed by atoms with van der Waals surface area (Å²) in [6, 6.07) is 6.93. The van der Waals surface area contributed by atoms with E-state index in [0.29, 0.717) is 31.0 Å². The van der Waals surface area contributed by atoms with Crippen LogP contribution in [0.5, 0.6) is 5.75 Å². The van der Waals surface area contributed by atoms with Crippen LogP contribution in [-0.2, 0) is 14.3 Å². The van der Waals surface area contributed by atoms with Gasteiger partial charge in [0.1, 0.15) is 5.75 Å². The van der Waals surface area contributed by atoms with Crippen LogP contribution in [0.25, 0.3) is 0 Å². The van der Waals surface area contributed by atoms with E-state index in [2.05, 4.69) is 5.32 Å². The van der Waals surface area contributed by atoms with Gasteiger partial charge in [0.05, 0.1) is 25.2 Å². The van der Waals surface area contributed by atoms with Crippen molar-refractivity contribution in [2.45, 2.75) is 26.2 Å². The SMILES string of the molecule is CCOC(=O)[C@H]1CCCN(C(=O)CCNC(=O)c2ccccc2OC)C1. The molecule has 0 aromatic heterocycles. The summed E-state index contributed by atoms with van der Waals surface area (Å²) in [6.07, 6.45) is 1.71. The molecule has 1 aliphatic rings. The number of benzene rings is 1. The summed E-state index contributed by atoms with van der Waals surface area (Å²) in [5, 5.41) is 2.74. The second kappa shape index (κ2) is 9.79. The van der Waals surface area contributed by atoms with Gasteiger partial charge in [-0.3, -0.25) is 14.4 Å². The van der Waals surface area contributed by atoms with Crippen molar-refractivity contribution >= 4 is 17.8 Å². The summed E-state index contributed by atoms with van der Waals surface area (Å²) in [4.78, 5) is 38.1. The number of nitrogens with zero attached hydrogens (tertiary/aromatic N) is 1. The van der Waals surface area contributed by atoms with Gasteiger partial charge in [0, 0.05) is 26.1 Å². The summed E-state index contributed by atoms with van der Waals surface area (Å²) < 4.78 is 10.2. The van der Waals surface area contributed by atoms with E-state index >= 15 is 0 Å². The first-order valence-electron chi connectivity index (χ1n) is 8.92. The number of hydrogen-bond acceptors (Lipinski definition) is 5. The van der Waals surface area contributed by atoms with Crippen LogP contribution in [0.1, 0.15) is 36.5 Å². The fourth-order valence-electron chi connectivity index (χ4n) is 3.02. The molecule has 7 nitrogen and oxygen atoms in total. The zero-order valence-electron chi connectivity index (χ0n) is 15.3. The van der Waals surface area contributed by atoms with Gasteiger partial charge in [0.15, 0.2) is 0 Å². The molecule has 1 aromatic rings. The maximum atomic E-state index is 12.4. The normalized spacial score (nSPS) is 16.7. The van der Waals surface area contributed by atoms with Crippen molar-refractivity contribution in [2.24, 2.45) is 5.92 Å². The van der Waals surface area contributed by atoms with Gasteiger partial charge in [-0.15, -0.1) is 0 Å². The fourth-order valence-corrected chi connectivity index (χ4v) is 3.02. The lowest BCUT2D eigenvalue weighted by Gasteiger charge is -2.31. The van der Waals surface area contributed by atoms with Crippen molar-refractivity contribution in [1.82, 2.24) is 10.2 Å². The molecule has 0 saturated carbocycles. The molecule has 26 heavy (non-hydrogen) atoms. The number of amides is 2. The van der Waals surface area contributed by atoms with E-state index in [-0.39, 0.29) is 36.7 Å². The van der Waals surface area contributed by atoms with E-state index in [0.717, 1.165) is 12.8 Å². The van der Waals surface area contributed by atoms with Gasteiger partial charge in [-0.2, -0.15) is 0 Å². The number of hydrogen-bond donors (Lipinski definition) is 1. The van der Waals surface area contributed by atoms with Gasteiger partial charge in [0.2, 0.25) is 5.91 Å². The minimum atomic E-state index is -0.279. The van der Waals surface area contributed by atoms with Crippen LogP contribution >= 0.6 is 0 Å². The molecule has 0 radical (unpaired) electrons. The van der Waals surface area contributed by atoms with E-state index in [1.165, 1.54) is 7.11 Å². The van der Waals surface area contributed by atoms with Gasteiger partial charge in [-0.25, -0.2) is 0 Å². The number of carbonyl (C=O) groups excluding carboxylic acids is 3. The standard InChI is InChI=1S/C19H26N2O5/c1-3-26-19(24)14-7-6-12-21(13-14)17(22)10-11-20-18(23)15-8-4-5-9-16(15)25-2/h4-5,8-9,14H,3,6-7,10-13H2,1-2H3,(H,20,23)/t14-/m0/s1. The predicted molar refractivity (Wildman–Crippen MR) is 95.9 cm³/mol. The number of nitrogens with one attached hydrogen (secondary N) is 1. The van der Waals surface area contributed by atoms with Crippen molar-refractivity contribution in [3.8, 4) is 5.75 Å². The molecule has 1 heterocycles. The third-order valence-corrected chi connectivity index (χ3v) is 4.37. The topological polar surface area (TPSA) is 84.9 Å². The van der Waals surface area contributed by atoms with Gasteiger partial charge in [-0.05, 0) is 31.9 Å². The van der Waals surface area contributed by atoms with Crippen LogP contribution in [0.2, 0.25) is 0 Å². The van der Waals surface area contributed by atoms with Gasteiger partial charge in [-0.1, -0.05) is 12.1 Å². The summed E-state index contributed by atoms with van der Waals surface area (Å²) in [6.45, 7) is 3.37. The van der Waals surface area contributed by atoms with Crippen LogP contribution in [0.4, 0.5) is 0 Å². The Hall–Kier alpha value is -2.57. The highest BCUT2D eigenvalue weighted by atomic mass is 16.5. The fraction of sp³-hybridized carbons (Fsp3) is 0.526. The molecule has 2 rings (SSSR count). The second-order valence-electron chi connectivity index (χ2n) is 6.14. The van der Waals surface area contributed by atoms with Crippen LogP contribution < -0.4 is 10.1 Å². The number of piperidine rings is 1. The van der Waals surface area contributed by atoms with E-state index in [4.69, 9.17) is 9.47 Å². The molecule has 7 heteroatoms. The monoisotopic (exact) mass is 362 g/mol. The Morgan fingerprint density at radius 3 is 2.77 bits per heavy atom. The number of ether oxygens (including phenoxy) is 2. The van der Waals surface area contributed by atoms with Crippen molar-refractivity contribution in [2.75, 3.05) is 33.4 Å². The molecule has 1 fully saturated rings. The quantitative estimate of drug-likeness (QED) is 0.745. The highest BCUT2D eigenvalue weighted by Gasteiger charge is 2.29. The zero-order valence-corrected chi connectivity index (χ0v) is 15.3. The number of carbonyl (C=O) groups is 3. The predicted octanol–water partition coefficient (Wildman–Crippen LogP) is 1.62. The largest absolute Gasteiger partial charge is 0.496 e. The third kappa shape index (κ3) is 5.21. The molecule has 0 unspecified atom stereocenters. The van der Waals surface area contributed by atoms with Crippen molar-refractivity contribution in [3.63, 3.8) is 0 Å². The molecular weight excluding hydrogens is 336 g/mol.